The molecule has 4 nitrogen and oxygen atoms in total. The number of para-hydroxylation sites is 2. The lowest BCUT2D eigenvalue weighted by atomic mass is 10.3. The van der Waals surface area contributed by atoms with Gasteiger partial charge in [-0.2, -0.15) is 0 Å². The first kappa shape index (κ1) is 12.2. The van der Waals surface area contributed by atoms with E-state index in [-0.39, 0.29) is 0 Å². The monoisotopic (exact) mass is 244 g/mol. The van der Waals surface area contributed by atoms with Gasteiger partial charge in [-0.05, 0) is 18.2 Å². The standard InChI is InChI=1S/C14H16N2O2/c1-15-14-8-7-11(9-16-14)10-18-13-6-4-3-5-12(13)17-2/h3-9H,10H2,1-2H3,(H,15,16). The van der Waals surface area contributed by atoms with Gasteiger partial charge in [0.2, 0.25) is 0 Å². The van der Waals surface area contributed by atoms with Gasteiger partial charge in [-0.25, -0.2) is 4.98 Å². The fourth-order valence-corrected chi connectivity index (χ4v) is 1.56. The van der Waals surface area contributed by atoms with E-state index in [1.54, 1.807) is 13.3 Å². The van der Waals surface area contributed by atoms with Crippen molar-refractivity contribution >= 4 is 5.82 Å². The summed E-state index contributed by atoms with van der Waals surface area (Å²) in [5.74, 6) is 2.31. The van der Waals surface area contributed by atoms with Gasteiger partial charge < -0.3 is 14.8 Å². The number of nitrogens with one attached hydrogen (secondary N) is 1. The van der Waals surface area contributed by atoms with E-state index in [9.17, 15) is 0 Å². The van der Waals surface area contributed by atoms with Gasteiger partial charge in [-0.3, -0.25) is 0 Å². The third kappa shape index (κ3) is 2.91. The Bertz CT molecular complexity index is 497. The van der Waals surface area contributed by atoms with Crippen LogP contribution in [0.1, 0.15) is 5.56 Å². The molecule has 0 unspecified atom stereocenters. The zero-order valence-corrected chi connectivity index (χ0v) is 10.5. The van der Waals surface area contributed by atoms with Crippen molar-refractivity contribution in [2.24, 2.45) is 0 Å². The fraction of sp³-hybridized carbons (Fsp3) is 0.214. The molecule has 2 aromatic rings. The number of hydrogen-bond acceptors (Lipinski definition) is 4. The van der Waals surface area contributed by atoms with Crippen molar-refractivity contribution in [3.63, 3.8) is 0 Å². The number of nitrogens with zero attached hydrogens (tertiary/aromatic N) is 1. The van der Waals surface area contributed by atoms with Gasteiger partial charge in [0.25, 0.3) is 0 Å². The molecular weight excluding hydrogens is 228 g/mol. The Morgan fingerprint density at radius 2 is 1.89 bits per heavy atom. The predicted molar refractivity (Wildman–Crippen MR) is 71.1 cm³/mol. The highest BCUT2D eigenvalue weighted by atomic mass is 16.5. The summed E-state index contributed by atoms with van der Waals surface area (Å²) in [4.78, 5) is 4.23. The molecule has 4 heteroatoms. The Morgan fingerprint density at radius 3 is 2.50 bits per heavy atom. The average molecular weight is 244 g/mol. The summed E-state index contributed by atoms with van der Waals surface area (Å²) in [7, 11) is 3.47. The smallest absolute Gasteiger partial charge is 0.161 e. The summed E-state index contributed by atoms with van der Waals surface area (Å²) in [6.07, 6.45) is 1.79. The summed E-state index contributed by atoms with van der Waals surface area (Å²) in [5, 5.41) is 2.97. The van der Waals surface area contributed by atoms with Gasteiger partial charge in [-0.1, -0.05) is 18.2 Å². The van der Waals surface area contributed by atoms with Gasteiger partial charge in [0, 0.05) is 18.8 Å². The molecule has 18 heavy (non-hydrogen) atoms. The Balaban J connectivity index is 2.02. The van der Waals surface area contributed by atoms with Crippen LogP contribution in [-0.2, 0) is 6.61 Å². The second-order valence-electron chi connectivity index (χ2n) is 3.74. The second-order valence-corrected chi connectivity index (χ2v) is 3.74. The Morgan fingerprint density at radius 1 is 1.11 bits per heavy atom. The average Bonchev–Trinajstić information content (AvgIpc) is 2.46. The van der Waals surface area contributed by atoms with Crippen molar-refractivity contribution in [2.45, 2.75) is 6.61 Å². The van der Waals surface area contributed by atoms with Crippen molar-refractivity contribution in [1.29, 1.82) is 0 Å². The van der Waals surface area contributed by atoms with E-state index in [0.717, 1.165) is 22.9 Å². The topological polar surface area (TPSA) is 43.4 Å². The molecule has 0 amide bonds. The van der Waals surface area contributed by atoms with E-state index in [2.05, 4.69) is 10.3 Å². The van der Waals surface area contributed by atoms with Crippen LogP contribution < -0.4 is 14.8 Å². The number of hydrogen-bond donors (Lipinski definition) is 1. The highest BCUT2D eigenvalue weighted by molar-refractivity contribution is 5.39. The number of anilines is 1. The molecule has 0 aliphatic heterocycles. The molecule has 0 spiro atoms. The van der Waals surface area contributed by atoms with Gasteiger partial charge in [0.05, 0.1) is 7.11 Å². The first-order valence-electron chi connectivity index (χ1n) is 5.72. The number of methoxy groups -OCH3 is 1. The zero-order valence-electron chi connectivity index (χ0n) is 10.5. The van der Waals surface area contributed by atoms with Crippen LogP contribution in [0.2, 0.25) is 0 Å². The third-order valence-corrected chi connectivity index (χ3v) is 2.54. The molecule has 0 atom stereocenters. The molecule has 0 saturated heterocycles. The van der Waals surface area contributed by atoms with Crippen LogP contribution in [0.25, 0.3) is 0 Å². The maximum atomic E-state index is 5.70. The second kappa shape index (κ2) is 5.91. The summed E-state index contributed by atoms with van der Waals surface area (Å²) in [6.45, 7) is 0.470. The third-order valence-electron chi connectivity index (χ3n) is 2.54. The van der Waals surface area contributed by atoms with Crippen LogP contribution in [0.5, 0.6) is 11.5 Å². The minimum atomic E-state index is 0.470. The first-order chi connectivity index (χ1) is 8.83. The molecule has 1 aromatic carbocycles. The lowest BCUT2D eigenvalue weighted by Gasteiger charge is -2.10. The fourth-order valence-electron chi connectivity index (χ4n) is 1.56. The van der Waals surface area contributed by atoms with Gasteiger partial charge in [0.15, 0.2) is 11.5 Å². The molecule has 94 valence electrons. The molecule has 0 aliphatic carbocycles. The van der Waals surface area contributed by atoms with Crippen LogP contribution in [0.4, 0.5) is 5.82 Å². The number of pyridine rings is 1. The van der Waals surface area contributed by atoms with E-state index in [1.165, 1.54) is 0 Å². The van der Waals surface area contributed by atoms with Crippen LogP contribution >= 0.6 is 0 Å². The van der Waals surface area contributed by atoms with Crippen molar-refractivity contribution < 1.29 is 9.47 Å². The lowest BCUT2D eigenvalue weighted by molar-refractivity contribution is 0.284. The van der Waals surface area contributed by atoms with Gasteiger partial charge >= 0.3 is 0 Å². The molecule has 0 saturated carbocycles. The minimum absolute atomic E-state index is 0.470. The van der Waals surface area contributed by atoms with Crippen LogP contribution in [-0.4, -0.2) is 19.1 Å². The summed E-state index contributed by atoms with van der Waals surface area (Å²) < 4.78 is 10.9. The van der Waals surface area contributed by atoms with Crippen molar-refractivity contribution in [2.75, 3.05) is 19.5 Å². The molecule has 0 aliphatic rings. The molecule has 2 rings (SSSR count). The van der Waals surface area contributed by atoms with E-state index < -0.39 is 0 Å². The van der Waals surface area contributed by atoms with Crippen LogP contribution in [0.3, 0.4) is 0 Å². The van der Waals surface area contributed by atoms with E-state index in [1.807, 2.05) is 43.4 Å². The number of ether oxygens (including phenoxy) is 2. The summed E-state index contributed by atoms with van der Waals surface area (Å²) in [6, 6.07) is 11.5. The van der Waals surface area contributed by atoms with Gasteiger partial charge in [-0.15, -0.1) is 0 Å². The van der Waals surface area contributed by atoms with Crippen LogP contribution in [0.15, 0.2) is 42.6 Å². The van der Waals surface area contributed by atoms with E-state index >= 15 is 0 Å². The maximum Gasteiger partial charge on any atom is 0.161 e. The van der Waals surface area contributed by atoms with Gasteiger partial charge in [0.1, 0.15) is 12.4 Å². The Labute approximate surface area is 107 Å². The summed E-state index contributed by atoms with van der Waals surface area (Å²) >= 11 is 0. The van der Waals surface area contributed by atoms with E-state index in [4.69, 9.17) is 9.47 Å². The summed E-state index contributed by atoms with van der Waals surface area (Å²) in [5.41, 5.74) is 1.01. The molecule has 1 aromatic heterocycles. The zero-order chi connectivity index (χ0) is 12.8. The Kier molecular flexibility index (Phi) is 4.02. The van der Waals surface area contributed by atoms with Crippen molar-refractivity contribution in [3.8, 4) is 11.5 Å². The largest absolute Gasteiger partial charge is 0.493 e. The van der Waals surface area contributed by atoms with E-state index in [0.29, 0.717) is 6.61 Å². The van der Waals surface area contributed by atoms with Crippen molar-refractivity contribution in [1.82, 2.24) is 4.98 Å². The predicted octanol–water partition coefficient (Wildman–Crippen LogP) is 2.71. The first-order valence-corrected chi connectivity index (χ1v) is 5.72. The molecule has 0 bridgehead atoms. The molecule has 1 N–H and O–H groups in total. The number of benzene rings is 1. The normalized spacial score (nSPS) is 9.89. The van der Waals surface area contributed by atoms with Crippen molar-refractivity contribution in [3.05, 3.63) is 48.2 Å². The minimum Gasteiger partial charge on any atom is -0.493 e. The molecule has 0 fully saturated rings. The SMILES string of the molecule is CNc1ccc(COc2ccccc2OC)cn1. The highest BCUT2D eigenvalue weighted by Gasteiger charge is 2.03. The Hall–Kier alpha value is -2.23. The molecule has 1 heterocycles. The molecule has 0 radical (unpaired) electrons. The number of aromatic nitrogens is 1. The maximum absolute atomic E-state index is 5.70. The lowest BCUT2D eigenvalue weighted by Crippen LogP contribution is -1.99. The quantitative estimate of drug-likeness (QED) is 0.878. The van der Waals surface area contributed by atoms with Crippen LogP contribution in [0, 0.1) is 0 Å². The molecular formula is C14H16N2O2. The highest BCUT2D eigenvalue weighted by Crippen LogP contribution is 2.26. The number of rotatable bonds is 5.